The summed E-state index contributed by atoms with van der Waals surface area (Å²) >= 11 is 5.78. The highest BCUT2D eigenvalue weighted by atomic mass is 35.5. The van der Waals surface area contributed by atoms with Gasteiger partial charge in [0, 0.05) is 36.4 Å². The normalized spacial score (nSPS) is 17.2. The van der Waals surface area contributed by atoms with E-state index in [4.69, 9.17) is 17.3 Å². The van der Waals surface area contributed by atoms with Crippen LogP contribution >= 0.6 is 11.6 Å². The van der Waals surface area contributed by atoms with Crippen LogP contribution in [0.25, 0.3) is 0 Å². The molecule has 0 radical (unpaired) electrons. The van der Waals surface area contributed by atoms with Crippen LogP contribution in [0.5, 0.6) is 0 Å². The molecule has 1 aliphatic heterocycles. The van der Waals surface area contributed by atoms with E-state index in [0.29, 0.717) is 29.0 Å². The molecular weight excluding hydrogens is 291 g/mol. The number of hydrogen-bond donors (Lipinski definition) is 1. The lowest BCUT2D eigenvalue weighted by molar-refractivity contribution is 0.172. The predicted octanol–water partition coefficient (Wildman–Crippen LogP) is 3.09. The van der Waals surface area contributed by atoms with Crippen LogP contribution in [0, 0.1) is 5.82 Å². The van der Waals surface area contributed by atoms with E-state index in [1.165, 1.54) is 6.07 Å². The van der Waals surface area contributed by atoms with Crippen LogP contribution in [0.1, 0.15) is 24.4 Å². The van der Waals surface area contributed by atoms with Crippen molar-refractivity contribution in [3.05, 3.63) is 46.9 Å². The van der Waals surface area contributed by atoms with Crippen molar-refractivity contribution in [1.29, 1.82) is 0 Å². The Balaban J connectivity index is 1.58. The lowest BCUT2D eigenvalue weighted by atomic mass is 10.0. The molecule has 2 aromatic rings. The summed E-state index contributed by atoms with van der Waals surface area (Å²) in [6.45, 7) is 2.47. The van der Waals surface area contributed by atoms with E-state index in [1.54, 1.807) is 12.1 Å². The molecule has 2 heterocycles. The fourth-order valence-electron chi connectivity index (χ4n) is 2.79. The van der Waals surface area contributed by atoms with E-state index < -0.39 is 0 Å². The maximum absolute atomic E-state index is 13.8. The summed E-state index contributed by atoms with van der Waals surface area (Å²) in [7, 11) is 0. The molecule has 1 aromatic heterocycles. The third-order valence-electron chi connectivity index (χ3n) is 3.97. The van der Waals surface area contributed by atoms with Gasteiger partial charge in [0.2, 0.25) is 0 Å². The first kappa shape index (κ1) is 14.4. The quantitative estimate of drug-likeness (QED) is 0.948. The fourth-order valence-corrected chi connectivity index (χ4v) is 2.95. The Labute approximate surface area is 128 Å². The molecule has 6 heteroatoms. The van der Waals surface area contributed by atoms with E-state index in [0.717, 1.165) is 25.9 Å². The summed E-state index contributed by atoms with van der Waals surface area (Å²) in [5, 5.41) is 4.70. The smallest absolute Gasteiger partial charge is 0.145 e. The number of nitrogen functional groups attached to an aromatic ring is 1. The van der Waals surface area contributed by atoms with Crippen molar-refractivity contribution >= 4 is 17.4 Å². The number of rotatable bonds is 3. The highest BCUT2D eigenvalue weighted by Crippen LogP contribution is 2.24. The van der Waals surface area contributed by atoms with E-state index in [9.17, 15) is 4.39 Å². The maximum atomic E-state index is 13.8. The van der Waals surface area contributed by atoms with Crippen LogP contribution in [0.4, 0.5) is 10.2 Å². The number of piperidine rings is 1. The number of nitrogens with zero attached hydrogens (tertiary/aromatic N) is 3. The van der Waals surface area contributed by atoms with E-state index in [2.05, 4.69) is 10.00 Å². The number of likely N-dealkylation sites (tertiary alicyclic amines) is 1. The molecular formula is C15H18ClFN4. The first-order chi connectivity index (χ1) is 10.1. The van der Waals surface area contributed by atoms with Crippen LogP contribution in [0.3, 0.4) is 0 Å². The van der Waals surface area contributed by atoms with Crippen molar-refractivity contribution in [2.45, 2.75) is 25.4 Å². The minimum atomic E-state index is -0.232. The Morgan fingerprint density at radius 3 is 2.67 bits per heavy atom. The van der Waals surface area contributed by atoms with Gasteiger partial charge in [0.25, 0.3) is 0 Å². The monoisotopic (exact) mass is 308 g/mol. The van der Waals surface area contributed by atoms with Gasteiger partial charge in [-0.05, 0) is 31.0 Å². The van der Waals surface area contributed by atoms with Gasteiger partial charge in [0.05, 0.1) is 6.04 Å². The molecule has 1 saturated heterocycles. The summed E-state index contributed by atoms with van der Waals surface area (Å²) in [6, 6.07) is 7.07. The van der Waals surface area contributed by atoms with E-state index >= 15 is 0 Å². The molecule has 0 aliphatic carbocycles. The van der Waals surface area contributed by atoms with Gasteiger partial charge in [-0.1, -0.05) is 17.7 Å². The molecule has 1 aliphatic rings. The van der Waals surface area contributed by atoms with Crippen molar-refractivity contribution < 1.29 is 4.39 Å². The van der Waals surface area contributed by atoms with Crippen LogP contribution < -0.4 is 5.73 Å². The van der Waals surface area contributed by atoms with Crippen LogP contribution in [0.15, 0.2) is 30.5 Å². The second-order valence-corrected chi connectivity index (χ2v) is 5.90. The largest absolute Gasteiger partial charge is 0.382 e. The van der Waals surface area contributed by atoms with Crippen LogP contribution in [0.2, 0.25) is 5.02 Å². The number of hydrogen-bond acceptors (Lipinski definition) is 3. The van der Waals surface area contributed by atoms with Crippen molar-refractivity contribution in [2.75, 3.05) is 18.8 Å². The summed E-state index contributed by atoms with van der Waals surface area (Å²) in [5.74, 6) is 0.324. The second-order valence-electron chi connectivity index (χ2n) is 5.46. The van der Waals surface area contributed by atoms with Gasteiger partial charge in [-0.3, -0.25) is 9.58 Å². The Bertz CT molecular complexity index is 620. The molecule has 0 spiro atoms. The molecule has 0 bridgehead atoms. The highest BCUT2D eigenvalue weighted by Gasteiger charge is 2.21. The lowest BCUT2D eigenvalue weighted by Crippen LogP contribution is -2.34. The first-order valence-electron chi connectivity index (χ1n) is 7.09. The molecule has 21 heavy (non-hydrogen) atoms. The number of aromatic nitrogens is 2. The first-order valence-corrected chi connectivity index (χ1v) is 7.46. The van der Waals surface area contributed by atoms with Gasteiger partial charge in [0.15, 0.2) is 0 Å². The SMILES string of the molecule is Nc1ccn(C2CCN(Cc3ccc(Cl)cc3F)CC2)n1. The zero-order chi connectivity index (χ0) is 14.8. The topological polar surface area (TPSA) is 47.1 Å². The summed E-state index contributed by atoms with van der Waals surface area (Å²) in [6.07, 6.45) is 3.92. The Hall–Kier alpha value is -1.59. The number of benzene rings is 1. The van der Waals surface area contributed by atoms with Gasteiger partial charge in [-0.25, -0.2) is 4.39 Å². The number of nitrogens with two attached hydrogens (primary N) is 1. The molecule has 0 amide bonds. The molecule has 0 saturated carbocycles. The summed E-state index contributed by atoms with van der Waals surface area (Å²) in [5.41, 5.74) is 6.34. The number of anilines is 1. The third kappa shape index (κ3) is 3.36. The van der Waals surface area contributed by atoms with Gasteiger partial charge >= 0.3 is 0 Å². The van der Waals surface area contributed by atoms with Gasteiger partial charge in [0.1, 0.15) is 11.6 Å². The van der Waals surface area contributed by atoms with E-state index in [1.807, 2.05) is 16.9 Å². The lowest BCUT2D eigenvalue weighted by Gasteiger charge is -2.32. The van der Waals surface area contributed by atoms with Gasteiger partial charge in [-0.2, -0.15) is 5.10 Å². The van der Waals surface area contributed by atoms with Crippen molar-refractivity contribution in [1.82, 2.24) is 14.7 Å². The summed E-state index contributed by atoms with van der Waals surface area (Å²) < 4.78 is 15.8. The second kappa shape index (κ2) is 6.03. The molecule has 1 fully saturated rings. The van der Waals surface area contributed by atoms with Crippen LogP contribution in [-0.2, 0) is 6.54 Å². The minimum absolute atomic E-state index is 0.232. The molecule has 2 N–H and O–H groups in total. The molecule has 0 unspecified atom stereocenters. The molecule has 3 rings (SSSR count). The van der Waals surface area contributed by atoms with Gasteiger partial charge in [-0.15, -0.1) is 0 Å². The average Bonchev–Trinajstić information content (AvgIpc) is 2.89. The molecule has 1 aromatic carbocycles. The molecule has 4 nitrogen and oxygen atoms in total. The van der Waals surface area contributed by atoms with Crippen molar-refractivity contribution in [3.8, 4) is 0 Å². The predicted molar refractivity (Wildman–Crippen MR) is 81.6 cm³/mol. The summed E-state index contributed by atoms with van der Waals surface area (Å²) in [4.78, 5) is 2.26. The zero-order valence-electron chi connectivity index (χ0n) is 11.7. The molecule has 112 valence electrons. The standard InChI is InChI=1S/C15H18ClFN4/c16-12-2-1-11(14(17)9-12)10-20-6-3-13(4-7-20)21-8-5-15(18)19-21/h1-2,5,8-9,13H,3-4,6-7,10H2,(H2,18,19). The minimum Gasteiger partial charge on any atom is -0.382 e. The van der Waals surface area contributed by atoms with Crippen LogP contribution in [-0.4, -0.2) is 27.8 Å². The molecule has 0 atom stereocenters. The van der Waals surface area contributed by atoms with Gasteiger partial charge < -0.3 is 5.73 Å². The Kier molecular flexibility index (Phi) is 4.12. The maximum Gasteiger partial charge on any atom is 0.145 e. The number of halogens is 2. The van der Waals surface area contributed by atoms with E-state index in [-0.39, 0.29) is 5.82 Å². The highest BCUT2D eigenvalue weighted by molar-refractivity contribution is 6.30. The Morgan fingerprint density at radius 2 is 2.05 bits per heavy atom. The Morgan fingerprint density at radius 1 is 1.29 bits per heavy atom. The van der Waals surface area contributed by atoms with Crippen molar-refractivity contribution in [3.63, 3.8) is 0 Å². The third-order valence-corrected chi connectivity index (χ3v) is 4.20. The average molecular weight is 309 g/mol. The fraction of sp³-hybridized carbons (Fsp3) is 0.400. The zero-order valence-corrected chi connectivity index (χ0v) is 12.4. The van der Waals surface area contributed by atoms with Crippen molar-refractivity contribution in [2.24, 2.45) is 0 Å².